The molecule has 0 bridgehead atoms. The Morgan fingerprint density at radius 3 is 1.79 bits per heavy atom. The zero-order valence-corrected chi connectivity index (χ0v) is 10.8. The minimum atomic E-state index is 0.348. The zero-order valence-electron chi connectivity index (χ0n) is 10.8. The van der Waals surface area contributed by atoms with Crippen molar-refractivity contribution >= 4 is 0 Å². The van der Waals surface area contributed by atoms with Gasteiger partial charge in [-0.05, 0) is 38.5 Å². The summed E-state index contributed by atoms with van der Waals surface area (Å²) in [6, 6.07) is 0. The molecule has 1 heteroatoms. The molecule has 84 valence electrons. The summed E-state index contributed by atoms with van der Waals surface area (Å²) in [5.41, 5.74) is 0.348. The molecule has 0 aromatic carbocycles. The average Bonchev–Trinajstić information content (AvgIpc) is 2.01. The largest absolute Gasteiger partial charge is 0.298 e. The molecule has 1 saturated heterocycles. The monoisotopic (exact) mass is 197 g/mol. The third-order valence-corrected chi connectivity index (χ3v) is 3.90. The maximum atomic E-state index is 2.65. The van der Waals surface area contributed by atoms with Crippen LogP contribution in [-0.2, 0) is 0 Å². The van der Waals surface area contributed by atoms with Crippen molar-refractivity contribution in [2.45, 2.75) is 53.5 Å². The van der Waals surface area contributed by atoms with Crippen LogP contribution in [0.1, 0.15) is 48.0 Å². The van der Waals surface area contributed by atoms with Crippen molar-refractivity contribution < 1.29 is 0 Å². The Morgan fingerprint density at radius 2 is 1.50 bits per heavy atom. The molecule has 1 nitrogen and oxygen atoms in total. The van der Waals surface area contributed by atoms with Crippen LogP contribution in [0.25, 0.3) is 0 Å². The standard InChI is InChI=1S/C13H27N/c1-7-12-10(2)8-14(9-11(12)3)13(4,5)6/h10-12H,7-9H2,1-6H3. The first-order valence-corrected chi connectivity index (χ1v) is 6.11. The molecular formula is C13H27N. The second kappa shape index (κ2) is 4.22. The van der Waals surface area contributed by atoms with Crippen LogP contribution in [-0.4, -0.2) is 23.5 Å². The van der Waals surface area contributed by atoms with Crippen molar-refractivity contribution in [1.29, 1.82) is 0 Å². The molecule has 0 aliphatic carbocycles. The molecule has 0 saturated carbocycles. The summed E-state index contributed by atoms with van der Waals surface area (Å²) in [4.78, 5) is 2.65. The van der Waals surface area contributed by atoms with E-state index in [0.29, 0.717) is 5.54 Å². The third kappa shape index (κ3) is 2.50. The van der Waals surface area contributed by atoms with Gasteiger partial charge in [0.05, 0.1) is 0 Å². The third-order valence-electron chi connectivity index (χ3n) is 3.90. The van der Waals surface area contributed by atoms with Gasteiger partial charge in [-0.1, -0.05) is 27.2 Å². The highest BCUT2D eigenvalue weighted by Gasteiger charge is 2.34. The first-order valence-electron chi connectivity index (χ1n) is 6.11. The van der Waals surface area contributed by atoms with Crippen LogP contribution >= 0.6 is 0 Å². The molecule has 0 aromatic heterocycles. The van der Waals surface area contributed by atoms with E-state index in [9.17, 15) is 0 Å². The zero-order chi connectivity index (χ0) is 10.9. The Balaban J connectivity index is 2.65. The van der Waals surface area contributed by atoms with Gasteiger partial charge in [0.1, 0.15) is 0 Å². The number of likely N-dealkylation sites (tertiary alicyclic amines) is 1. The van der Waals surface area contributed by atoms with Gasteiger partial charge in [-0.15, -0.1) is 0 Å². The van der Waals surface area contributed by atoms with Crippen LogP contribution in [0.2, 0.25) is 0 Å². The molecule has 2 atom stereocenters. The molecular weight excluding hydrogens is 170 g/mol. The lowest BCUT2D eigenvalue weighted by molar-refractivity contribution is 0.0165. The molecule has 0 radical (unpaired) electrons. The maximum Gasteiger partial charge on any atom is 0.0125 e. The second-order valence-electron chi connectivity index (χ2n) is 6.10. The van der Waals surface area contributed by atoms with Crippen LogP contribution in [0.15, 0.2) is 0 Å². The van der Waals surface area contributed by atoms with Gasteiger partial charge in [0.25, 0.3) is 0 Å². The van der Waals surface area contributed by atoms with Gasteiger partial charge < -0.3 is 0 Å². The highest BCUT2D eigenvalue weighted by atomic mass is 15.2. The van der Waals surface area contributed by atoms with Gasteiger partial charge >= 0.3 is 0 Å². The quantitative estimate of drug-likeness (QED) is 0.623. The van der Waals surface area contributed by atoms with Crippen molar-refractivity contribution in [3.63, 3.8) is 0 Å². The van der Waals surface area contributed by atoms with E-state index in [4.69, 9.17) is 0 Å². The predicted octanol–water partition coefficient (Wildman–Crippen LogP) is 3.40. The predicted molar refractivity (Wildman–Crippen MR) is 63.4 cm³/mol. The molecule has 1 aliphatic rings. The van der Waals surface area contributed by atoms with Crippen molar-refractivity contribution in [3.8, 4) is 0 Å². The lowest BCUT2D eigenvalue weighted by Gasteiger charge is -2.47. The minimum Gasteiger partial charge on any atom is -0.298 e. The second-order valence-corrected chi connectivity index (χ2v) is 6.10. The van der Waals surface area contributed by atoms with Crippen LogP contribution in [0.4, 0.5) is 0 Å². The van der Waals surface area contributed by atoms with Gasteiger partial charge in [-0.2, -0.15) is 0 Å². The highest BCUT2D eigenvalue weighted by Crippen LogP contribution is 2.33. The van der Waals surface area contributed by atoms with Crippen LogP contribution in [0, 0.1) is 17.8 Å². The Morgan fingerprint density at radius 1 is 1.07 bits per heavy atom. The average molecular weight is 197 g/mol. The number of hydrogen-bond donors (Lipinski definition) is 0. The molecule has 14 heavy (non-hydrogen) atoms. The summed E-state index contributed by atoms with van der Waals surface area (Å²) in [6.07, 6.45) is 1.35. The van der Waals surface area contributed by atoms with Crippen molar-refractivity contribution in [3.05, 3.63) is 0 Å². The molecule has 0 aromatic rings. The molecule has 0 spiro atoms. The van der Waals surface area contributed by atoms with Gasteiger partial charge in [0, 0.05) is 18.6 Å². The lowest BCUT2D eigenvalue weighted by Crippen LogP contribution is -2.52. The van der Waals surface area contributed by atoms with Gasteiger partial charge in [-0.3, -0.25) is 4.90 Å². The topological polar surface area (TPSA) is 3.24 Å². The fraction of sp³-hybridized carbons (Fsp3) is 1.00. The summed E-state index contributed by atoms with van der Waals surface area (Å²) in [6.45, 7) is 16.7. The molecule has 1 fully saturated rings. The summed E-state index contributed by atoms with van der Waals surface area (Å²) >= 11 is 0. The first kappa shape index (κ1) is 12.0. The Kier molecular flexibility index (Phi) is 3.63. The van der Waals surface area contributed by atoms with E-state index in [0.717, 1.165) is 17.8 Å². The van der Waals surface area contributed by atoms with Crippen LogP contribution in [0.5, 0.6) is 0 Å². The van der Waals surface area contributed by atoms with Crippen LogP contribution < -0.4 is 0 Å². The van der Waals surface area contributed by atoms with Gasteiger partial charge in [0.15, 0.2) is 0 Å². The van der Waals surface area contributed by atoms with Crippen molar-refractivity contribution in [2.75, 3.05) is 13.1 Å². The number of hydrogen-bond acceptors (Lipinski definition) is 1. The fourth-order valence-corrected chi connectivity index (χ4v) is 2.95. The molecule has 2 unspecified atom stereocenters. The molecule has 1 heterocycles. The fourth-order valence-electron chi connectivity index (χ4n) is 2.95. The normalized spacial score (nSPS) is 36.0. The van der Waals surface area contributed by atoms with E-state index in [2.05, 4.69) is 46.4 Å². The Bertz CT molecular complexity index is 168. The molecule has 1 rings (SSSR count). The summed E-state index contributed by atoms with van der Waals surface area (Å²) in [5.74, 6) is 2.67. The van der Waals surface area contributed by atoms with E-state index < -0.39 is 0 Å². The molecule has 0 N–H and O–H groups in total. The Hall–Kier alpha value is -0.0400. The number of piperidine rings is 1. The van der Waals surface area contributed by atoms with Crippen molar-refractivity contribution in [2.24, 2.45) is 17.8 Å². The number of nitrogens with zero attached hydrogens (tertiary/aromatic N) is 1. The number of rotatable bonds is 1. The van der Waals surface area contributed by atoms with E-state index >= 15 is 0 Å². The van der Waals surface area contributed by atoms with Crippen molar-refractivity contribution in [1.82, 2.24) is 4.90 Å². The summed E-state index contributed by atoms with van der Waals surface area (Å²) in [7, 11) is 0. The maximum absolute atomic E-state index is 2.65. The summed E-state index contributed by atoms with van der Waals surface area (Å²) < 4.78 is 0. The molecule has 0 amide bonds. The van der Waals surface area contributed by atoms with Crippen LogP contribution in [0.3, 0.4) is 0 Å². The van der Waals surface area contributed by atoms with Gasteiger partial charge in [-0.25, -0.2) is 0 Å². The Labute approximate surface area is 89.9 Å². The lowest BCUT2D eigenvalue weighted by atomic mass is 9.77. The minimum absolute atomic E-state index is 0.348. The smallest absolute Gasteiger partial charge is 0.0125 e. The SMILES string of the molecule is CCC1C(C)CN(C(C)(C)C)CC1C. The summed E-state index contributed by atoms with van der Waals surface area (Å²) in [5, 5.41) is 0. The van der Waals surface area contributed by atoms with Gasteiger partial charge in [0.2, 0.25) is 0 Å². The van der Waals surface area contributed by atoms with E-state index in [1.807, 2.05) is 0 Å². The van der Waals surface area contributed by atoms with E-state index in [-0.39, 0.29) is 0 Å². The first-order chi connectivity index (χ1) is 6.36. The molecule has 1 aliphatic heterocycles. The van der Waals surface area contributed by atoms with E-state index in [1.54, 1.807) is 0 Å². The van der Waals surface area contributed by atoms with E-state index in [1.165, 1.54) is 19.5 Å². The highest BCUT2D eigenvalue weighted by molar-refractivity contribution is 4.87.